The van der Waals surface area contributed by atoms with E-state index >= 15 is 0 Å². The molecule has 1 heterocycles. The van der Waals surface area contributed by atoms with Crippen LogP contribution >= 0.6 is 0 Å². The Morgan fingerprint density at radius 2 is 1.56 bits per heavy atom. The second kappa shape index (κ2) is 6.97. The average Bonchev–Trinajstić information content (AvgIpc) is 2.87. The quantitative estimate of drug-likeness (QED) is 0.785. The number of nitriles is 1. The summed E-state index contributed by atoms with van der Waals surface area (Å²) in [6, 6.07) is 17.4. The Hall–Kier alpha value is -3.46. The maximum absolute atomic E-state index is 12.2. The van der Waals surface area contributed by atoms with Gasteiger partial charge in [0.2, 0.25) is 0 Å². The largest absolute Gasteiger partial charge is 0.333 e. The van der Waals surface area contributed by atoms with E-state index in [-0.39, 0.29) is 29.9 Å². The summed E-state index contributed by atoms with van der Waals surface area (Å²) in [5, 5.41) is 9.46. The highest BCUT2D eigenvalue weighted by molar-refractivity contribution is 6.20. The van der Waals surface area contributed by atoms with E-state index in [1.54, 1.807) is 12.1 Å². The molecule has 0 saturated carbocycles. The van der Waals surface area contributed by atoms with Crippen molar-refractivity contribution in [2.75, 3.05) is 0 Å². The maximum atomic E-state index is 12.2. The van der Waals surface area contributed by atoms with Crippen molar-refractivity contribution in [3.63, 3.8) is 0 Å². The van der Waals surface area contributed by atoms with E-state index in [0.717, 1.165) is 5.56 Å². The Kier molecular flexibility index (Phi) is 4.57. The van der Waals surface area contributed by atoms with Crippen LogP contribution in [0.1, 0.15) is 45.0 Å². The fraction of sp³-hybridized carbons (Fsp3) is 0.158. The van der Waals surface area contributed by atoms with Crippen LogP contribution in [-0.2, 0) is 9.63 Å². The molecule has 2 amide bonds. The van der Waals surface area contributed by atoms with Gasteiger partial charge in [0, 0.05) is 12.3 Å². The minimum absolute atomic E-state index is 0.106. The molecule has 6 heteroatoms. The summed E-state index contributed by atoms with van der Waals surface area (Å²) >= 11 is 0. The van der Waals surface area contributed by atoms with Crippen molar-refractivity contribution in [3.05, 3.63) is 71.3 Å². The zero-order valence-electron chi connectivity index (χ0n) is 13.2. The molecule has 0 radical (unpaired) electrons. The molecule has 6 nitrogen and oxygen atoms in total. The molecule has 0 bridgehead atoms. The third kappa shape index (κ3) is 3.26. The Bertz CT molecular complexity index is 835. The van der Waals surface area contributed by atoms with Gasteiger partial charge in [-0.25, -0.2) is 4.79 Å². The van der Waals surface area contributed by atoms with Gasteiger partial charge in [-0.05, 0) is 17.7 Å². The predicted molar refractivity (Wildman–Crippen MR) is 87.1 cm³/mol. The van der Waals surface area contributed by atoms with Gasteiger partial charge in [0.25, 0.3) is 11.8 Å². The van der Waals surface area contributed by atoms with Crippen LogP contribution in [-0.4, -0.2) is 22.8 Å². The second-order valence-electron chi connectivity index (χ2n) is 5.59. The lowest BCUT2D eigenvalue weighted by molar-refractivity contribution is -0.169. The van der Waals surface area contributed by atoms with E-state index in [1.807, 2.05) is 36.4 Å². The Balaban J connectivity index is 1.71. The van der Waals surface area contributed by atoms with Crippen molar-refractivity contribution in [1.29, 1.82) is 5.26 Å². The van der Waals surface area contributed by atoms with Crippen LogP contribution in [0.2, 0.25) is 0 Å². The van der Waals surface area contributed by atoms with Crippen molar-refractivity contribution in [2.45, 2.75) is 18.8 Å². The standard InChI is InChI=1S/C19H14N2O4/c20-11-10-14(13-6-2-1-3-7-13)12-17(22)25-21-18(23)15-8-4-5-9-16(15)19(21)24/h1-9,14H,10,12H2. The van der Waals surface area contributed by atoms with Gasteiger partial charge in [-0.2, -0.15) is 5.26 Å². The van der Waals surface area contributed by atoms with E-state index in [0.29, 0.717) is 5.06 Å². The molecule has 1 aliphatic rings. The number of benzene rings is 2. The molecule has 25 heavy (non-hydrogen) atoms. The molecule has 1 unspecified atom stereocenters. The Morgan fingerprint density at radius 3 is 2.12 bits per heavy atom. The van der Waals surface area contributed by atoms with Crippen LogP contribution in [0.5, 0.6) is 0 Å². The Labute approximate surface area is 144 Å². The molecule has 0 spiro atoms. The van der Waals surface area contributed by atoms with Crippen LogP contribution in [0.15, 0.2) is 54.6 Å². The van der Waals surface area contributed by atoms with Crippen molar-refractivity contribution in [1.82, 2.24) is 5.06 Å². The zero-order valence-corrected chi connectivity index (χ0v) is 13.2. The van der Waals surface area contributed by atoms with Gasteiger partial charge in [-0.3, -0.25) is 9.59 Å². The van der Waals surface area contributed by atoms with Gasteiger partial charge in [-0.1, -0.05) is 47.5 Å². The topological polar surface area (TPSA) is 87.5 Å². The molecule has 2 aromatic rings. The molecule has 0 aliphatic carbocycles. The molecular formula is C19H14N2O4. The first-order valence-electron chi connectivity index (χ1n) is 7.72. The number of hydrogen-bond donors (Lipinski definition) is 0. The lowest BCUT2D eigenvalue weighted by Gasteiger charge is -2.16. The normalized spacial score (nSPS) is 14.0. The lowest BCUT2D eigenvalue weighted by Crippen LogP contribution is -2.33. The maximum Gasteiger partial charge on any atom is 0.333 e. The fourth-order valence-corrected chi connectivity index (χ4v) is 2.73. The van der Waals surface area contributed by atoms with Crippen molar-refractivity contribution in [2.24, 2.45) is 0 Å². The molecule has 124 valence electrons. The van der Waals surface area contributed by atoms with E-state index in [4.69, 9.17) is 10.1 Å². The summed E-state index contributed by atoms with van der Waals surface area (Å²) in [7, 11) is 0. The number of nitrogens with zero attached hydrogens (tertiary/aromatic N) is 2. The minimum Gasteiger partial charge on any atom is -0.330 e. The third-order valence-electron chi connectivity index (χ3n) is 3.97. The zero-order chi connectivity index (χ0) is 17.8. The summed E-state index contributed by atoms with van der Waals surface area (Å²) < 4.78 is 0. The van der Waals surface area contributed by atoms with Gasteiger partial charge in [0.05, 0.1) is 23.6 Å². The average molecular weight is 334 g/mol. The lowest BCUT2D eigenvalue weighted by atomic mass is 9.93. The first-order chi connectivity index (χ1) is 12.1. The molecule has 0 aromatic heterocycles. The van der Waals surface area contributed by atoms with Crippen molar-refractivity contribution < 1.29 is 19.2 Å². The van der Waals surface area contributed by atoms with Crippen LogP contribution in [0.25, 0.3) is 0 Å². The van der Waals surface area contributed by atoms with Gasteiger partial charge >= 0.3 is 5.97 Å². The SMILES string of the molecule is N#CCC(CC(=O)ON1C(=O)c2ccccc2C1=O)c1ccccc1. The molecular weight excluding hydrogens is 320 g/mol. The number of imide groups is 1. The fourth-order valence-electron chi connectivity index (χ4n) is 2.73. The number of carbonyl (C=O) groups is 3. The van der Waals surface area contributed by atoms with E-state index in [9.17, 15) is 14.4 Å². The summed E-state index contributed by atoms with van der Waals surface area (Å²) in [6.45, 7) is 0. The summed E-state index contributed by atoms with van der Waals surface area (Å²) in [5.41, 5.74) is 1.23. The first-order valence-corrected chi connectivity index (χ1v) is 7.72. The first kappa shape index (κ1) is 16.4. The second-order valence-corrected chi connectivity index (χ2v) is 5.59. The number of fused-ring (bicyclic) bond motifs is 1. The van der Waals surface area contributed by atoms with Gasteiger partial charge in [0.1, 0.15) is 0 Å². The van der Waals surface area contributed by atoms with Gasteiger partial charge < -0.3 is 4.84 Å². The highest BCUT2D eigenvalue weighted by Crippen LogP contribution is 2.26. The number of amides is 2. The summed E-state index contributed by atoms with van der Waals surface area (Å²) in [5.74, 6) is -2.43. The van der Waals surface area contributed by atoms with E-state index in [2.05, 4.69) is 0 Å². The predicted octanol–water partition coefficient (Wildman–Crippen LogP) is 2.83. The van der Waals surface area contributed by atoms with Gasteiger partial charge in [0.15, 0.2) is 0 Å². The number of hydroxylamine groups is 2. The minimum atomic E-state index is -0.737. The van der Waals surface area contributed by atoms with E-state index < -0.39 is 17.8 Å². The van der Waals surface area contributed by atoms with Crippen LogP contribution < -0.4 is 0 Å². The highest BCUT2D eigenvalue weighted by atomic mass is 16.7. The highest BCUT2D eigenvalue weighted by Gasteiger charge is 2.38. The van der Waals surface area contributed by atoms with Crippen LogP contribution in [0, 0.1) is 11.3 Å². The van der Waals surface area contributed by atoms with Gasteiger partial charge in [-0.15, -0.1) is 0 Å². The Morgan fingerprint density at radius 1 is 1.00 bits per heavy atom. The molecule has 3 rings (SSSR count). The number of rotatable bonds is 5. The monoisotopic (exact) mass is 334 g/mol. The molecule has 1 aliphatic heterocycles. The van der Waals surface area contributed by atoms with Crippen LogP contribution in [0.4, 0.5) is 0 Å². The number of carbonyl (C=O) groups excluding carboxylic acids is 3. The molecule has 1 atom stereocenters. The third-order valence-corrected chi connectivity index (χ3v) is 3.97. The number of hydrogen-bond acceptors (Lipinski definition) is 5. The van der Waals surface area contributed by atoms with Crippen molar-refractivity contribution in [3.8, 4) is 6.07 Å². The molecule has 0 fully saturated rings. The molecule has 0 N–H and O–H groups in total. The van der Waals surface area contributed by atoms with E-state index in [1.165, 1.54) is 12.1 Å². The summed E-state index contributed by atoms with van der Waals surface area (Å²) in [4.78, 5) is 41.6. The molecule has 0 saturated heterocycles. The van der Waals surface area contributed by atoms with Crippen LogP contribution in [0.3, 0.4) is 0 Å². The molecule has 2 aromatic carbocycles. The summed E-state index contributed by atoms with van der Waals surface area (Å²) in [6.07, 6.45) is 0.0200. The smallest absolute Gasteiger partial charge is 0.330 e. The van der Waals surface area contributed by atoms with Crippen molar-refractivity contribution >= 4 is 17.8 Å².